The number of hydrogen-bond acceptors (Lipinski definition) is 3. The Morgan fingerprint density at radius 2 is 1.96 bits per heavy atom. The number of aromatic nitrogens is 2. The molecule has 2 heterocycles. The van der Waals surface area contributed by atoms with Crippen molar-refractivity contribution in [1.29, 1.82) is 0 Å². The number of amides is 1. The van der Waals surface area contributed by atoms with E-state index in [1.54, 1.807) is 0 Å². The van der Waals surface area contributed by atoms with Crippen molar-refractivity contribution in [3.63, 3.8) is 0 Å². The highest BCUT2D eigenvalue weighted by molar-refractivity contribution is 5.94. The summed E-state index contributed by atoms with van der Waals surface area (Å²) in [4.78, 5) is 15.1. The van der Waals surface area contributed by atoms with Gasteiger partial charge in [0.2, 0.25) is 0 Å². The first kappa shape index (κ1) is 19.1. The maximum atomic E-state index is 13.1. The van der Waals surface area contributed by atoms with E-state index in [1.807, 2.05) is 21.7 Å². The summed E-state index contributed by atoms with van der Waals surface area (Å²) >= 11 is 0. The number of fused-ring (bicyclic) bond motifs is 1. The normalized spacial score (nSPS) is 19.5. The molecule has 1 aromatic carbocycles. The number of carbonyl (C=O) groups is 1. The third-order valence-electron chi connectivity index (χ3n) is 6.00. The van der Waals surface area contributed by atoms with Gasteiger partial charge in [-0.05, 0) is 63.1 Å². The lowest BCUT2D eigenvalue weighted by Crippen LogP contribution is -2.38. The zero-order valence-electron chi connectivity index (χ0n) is 16.6. The van der Waals surface area contributed by atoms with Crippen molar-refractivity contribution in [2.45, 2.75) is 64.6 Å². The number of carbonyl (C=O) groups excluding carboxylic acids is 1. The Hall–Kier alpha value is -2.21. The van der Waals surface area contributed by atoms with Crippen molar-refractivity contribution in [3.05, 3.63) is 52.6 Å². The van der Waals surface area contributed by atoms with Gasteiger partial charge < -0.3 is 10.2 Å². The van der Waals surface area contributed by atoms with Gasteiger partial charge in [0, 0.05) is 43.5 Å². The minimum atomic E-state index is -0.209. The molecule has 1 fully saturated rings. The Labute approximate surface area is 165 Å². The molecule has 0 radical (unpaired) electrons. The lowest BCUT2D eigenvalue weighted by molar-refractivity contribution is 0.0716. The number of rotatable bonds is 5. The minimum Gasteiger partial charge on any atom is -0.337 e. The van der Waals surface area contributed by atoms with Crippen LogP contribution < -0.4 is 5.32 Å². The van der Waals surface area contributed by atoms with Crippen LogP contribution in [0.25, 0.3) is 0 Å². The Morgan fingerprint density at radius 1 is 1.21 bits per heavy atom. The first-order chi connectivity index (χ1) is 13.7. The van der Waals surface area contributed by atoms with Gasteiger partial charge in [-0.1, -0.05) is 12.1 Å². The molecule has 0 saturated carbocycles. The standard InChI is InChI=1S/C22H29FN4O/c1-2-27-20-11-10-18(24-15-16-6-8-17(23)9-7-16)14-19(20)21(25-27)22(28)26-12-4-3-5-13-26/h6-9,18,24H,2-5,10-15H2,1H3. The van der Waals surface area contributed by atoms with Crippen molar-refractivity contribution < 1.29 is 9.18 Å². The molecule has 1 aromatic heterocycles. The van der Waals surface area contributed by atoms with Gasteiger partial charge in [0.15, 0.2) is 5.69 Å². The first-order valence-corrected chi connectivity index (χ1v) is 10.5. The predicted octanol–water partition coefficient (Wildman–Crippen LogP) is 3.32. The maximum absolute atomic E-state index is 13.1. The van der Waals surface area contributed by atoms with E-state index in [2.05, 4.69) is 12.2 Å². The molecule has 0 spiro atoms. The van der Waals surface area contributed by atoms with E-state index < -0.39 is 0 Å². The summed E-state index contributed by atoms with van der Waals surface area (Å²) in [6.07, 6.45) is 6.17. The fourth-order valence-corrected chi connectivity index (χ4v) is 4.41. The van der Waals surface area contributed by atoms with Crippen LogP contribution in [0.1, 0.15) is 59.9 Å². The quantitative estimate of drug-likeness (QED) is 0.860. The third kappa shape index (κ3) is 3.97. The lowest BCUT2D eigenvalue weighted by Gasteiger charge is -2.28. The van der Waals surface area contributed by atoms with Gasteiger partial charge in [-0.25, -0.2) is 4.39 Å². The Kier molecular flexibility index (Phi) is 5.76. The van der Waals surface area contributed by atoms with Crippen molar-refractivity contribution in [3.8, 4) is 0 Å². The largest absolute Gasteiger partial charge is 0.337 e. The average molecular weight is 384 g/mol. The van der Waals surface area contributed by atoms with Gasteiger partial charge in [-0.15, -0.1) is 0 Å². The molecule has 0 bridgehead atoms. The number of nitrogens with one attached hydrogen (secondary N) is 1. The van der Waals surface area contributed by atoms with Gasteiger partial charge in [0.1, 0.15) is 5.82 Å². The second kappa shape index (κ2) is 8.43. The smallest absolute Gasteiger partial charge is 0.274 e. The number of piperidine rings is 1. The summed E-state index contributed by atoms with van der Waals surface area (Å²) in [6.45, 7) is 5.28. The molecular formula is C22H29FN4O. The van der Waals surface area contributed by atoms with Crippen LogP contribution >= 0.6 is 0 Å². The number of aryl methyl sites for hydroxylation is 1. The number of likely N-dealkylation sites (tertiary alicyclic amines) is 1. The highest BCUT2D eigenvalue weighted by Gasteiger charge is 2.31. The molecule has 1 unspecified atom stereocenters. The monoisotopic (exact) mass is 384 g/mol. The topological polar surface area (TPSA) is 50.2 Å². The zero-order chi connectivity index (χ0) is 19.5. The number of halogens is 1. The third-order valence-corrected chi connectivity index (χ3v) is 6.00. The Bertz CT molecular complexity index is 824. The predicted molar refractivity (Wildman–Crippen MR) is 107 cm³/mol. The van der Waals surface area contributed by atoms with Crippen molar-refractivity contribution >= 4 is 5.91 Å². The molecule has 1 saturated heterocycles. The highest BCUT2D eigenvalue weighted by Crippen LogP contribution is 2.27. The zero-order valence-corrected chi connectivity index (χ0v) is 16.6. The van der Waals surface area contributed by atoms with E-state index in [4.69, 9.17) is 5.10 Å². The number of hydrogen-bond donors (Lipinski definition) is 1. The van der Waals surface area contributed by atoms with E-state index >= 15 is 0 Å². The van der Waals surface area contributed by atoms with Gasteiger partial charge >= 0.3 is 0 Å². The fourth-order valence-electron chi connectivity index (χ4n) is 4.41. The van der Waals surface area contributed by atoms with Crippen LogP contribution in [0.15, 0.2) is 24.3 Å². The second-order valence-electron chi connectivity index (χ2n) is 7.89. The SMILES string of the molecule is CCn1nc(C(=O)N2CCCCC2)c2c1CCC(NCc1ccc(F)cc1)C2. The van der Waals surface area contributed by atoms with Gasteiger partial charge in [0.05, 0.1) is 0 Å². The molecule has 1 amide bonds. The molecule has 1 aliphatic heterocycles. The summed E-state index contributed by atoms with van der Waals surface area (Å²) in [7, 11) is 0. The molecule has 1 aliphatic carbocycles. The summed E-state index contributed by atoms with van der Waals surface area (Å²) in [5.74, 6) is -0.110. The number of benzene rings is 1. The van der Waals surface area contributed by atoms with Crippen molar-refractivity contribution in [2.24, 2.45) is 0 Å². The van der Waals surface area contributed by atoms with Crippen LogP contribution in [0, 0.1) is 5.82 Å². The Morgan fingerprint density at radius 3 is 2.68 bits per heavy atom. The molecule has 2 aromatic rings. The van der Waals surface area contributed by atoms with Crippen LogP contribution in [0.5, 0.6) is 0 Å². The molecule has 6 heteroatoms. The molecule has 1 atom stereocenters. The minimum absolute atomic E-state index is 0.0994. The fraction of sp³-hybridized carbons (Fsp3) is 0.545. The van der Waals surface area contributed by atoms with Crippen LogP contribution in [-0.2, 0) is 25.9 Å². The molecule has 2 aliphatic rings. The van der Waals surface area contributed by atoms with Gasteiger partial charge in [-0.3, -0.25) is 9.48 Å². The van der Waals surface area contributed by atoms with Gasteiger partial charge in [-0.2, -0.15) is 5.10 Å². The van der Waals surface area contributed by atoms with Crippen LogP contribution in [0.3, 0.4) is 0 Å². The summed E-state index contributed by atoms with van der Waals surface area (Å²) in [6, 6.07) is 6.93. The average Bonchev–Trinajstić information content (AvgIpc) is 3.11. The molecule has 5 nitrogen and oxygen atoms in total. The van der Waals surface area contributed by atoms with Crippen LogP contribution in [0.2, 0.25) is 0 Å². The number of nitrogens with zero attached hydrogens (tertiary/aromatic N) is 3. The molecular weight excluding hydrogens is 355 g/mol. The second-order valence-corrected chi connectivity index (χ2v) is 7.89. The van der Waals surface area contributed by atoms with Crippen LogP contribution in [0.4, 0.5) is 4.39 Å². The van der Waals surface area contributed by atoms with Crippen molar-refractivity contribution in [2.75, 3.05) is 13.1 Å². The summed E-state index contributed by atoms with van der Waals surface area (Å²) < 4.78 is 15.1. The summed E-state index contributed by atoms with van der Waals surface area (Å²) in [5.41, 5.74) is 4.08. The molecule has 1 N–H and O–H groups in total. The molecule has 150 valence electrons. The summed E-state index contributed by atoms with van der Waals surface area (Å²) in [5, 5.41) is 8.29. The van der Waals surface area contributed by atoms with Crippen LogP contribution in [-0.4, -0.2) is 39.7 Å². The maximum Gasteiger partial charge on any atom is 0.274 e. The van der Waals surface area contributed by atoms with E-state index in [9.17, 15) is 9.18 Å². The van der Waals surface area contributed by atoms with Gasteiger partial charge in [0.25, 0.3) is 5.91 Å². The van der Waals surface area contributed by atoms with E-state index in [0.29, 0.717) is 18.3 Å². The van der Waals surface area contributed by atoms with E-state index in [1.165, 1.54) is 24.2 Å². The molecule has 28 heavy (non-hydrogen) atoms. The Balaban J connectivity index is 1.49. The molecule has 4 rings (SSSR count). The first-order valence-electron chi connectivity index (χ1n) is 10.5. The highest BCUT2D eigenvalue weighted by atomic mass is 19.1. The van der Waals surface area contributed by atoms with E-state index in [0.717, 1.165) is 62.9 Å². The van der Waals surface area contributed by atoms with E-state index in [-0.39, 0.29) is 11.7 Å². The van der Waals surface area contributed by atoms with Crippen molar-refractivity contribution in [1.82, 2.24) is 20.0 Å². The lowest BCUT2D eigenvalue weighted by atomic mass is 9.90.